The van der Waals surface area contributed by atoms with Crippen LogP contribution in [0.2, 0.25) is 0 Å². The van der Waals surface area contributed by atoms with Crippen LogP contribution in [0.4, 0.5) is 0 Å². The summed E-state index contributed by atoms with van der Waals surface area (Å²) < 4.78 is 1.51. The van der Waals surface area contributed by atoms with Crippen LogP contribution in [0.15, 0.2) is 64.4 Å². The molecule has 1 aromatic heterocycles. The van der Waals surface area contributed by atoms with E-state index in [0.29, 0.717) is 5.56 Å². The highest BCUT2D eigenvalue weighted by atomic mass is 32.2. The molecule has 0 aliphatic heterocycles. The molecule has 0 fully saturated rings. The Morgan fingerprint density at radius 2 is 1.61 bits per heavy atom. The Hall–Kier alpha value is -2.33. The molecule has 0 aliphatic carbocycles. The standard InChI is InChI=1S/C19H18N2OS/c1-13-9-11-16(12-10-13)19(22)21-15(3)18(14(2)20-21)23-17-7-5-4-6-8-17/h4-12H,1-3H3. The minimum atomic E-state index is -0.0921. The van der Waals surface area contributed by atoms with Crippen molar-refractivity contribution >= 4 is 17.7 Å². The van der Waals surface area contributed by atoms with Crippen molar-refractivity contribution in [1.29, 1.82) is 0 Å². The number of aryl methyl sites for hydroxylation is 2. The van der Waals surface area contributed by atoms with E-state index in [-0.39, 0.29) is 5.91 Å². The molecule has 2 aromatic carbocycles. The number of aromatic nitrogens is 2. The molecule has 0 unspecified atom stereocenters. The van der Waals surface area contributed by atoms with Gasteiger partial charge in [-0.2, -0.15) is 9.78 Å². The molecule has 3 nitrogen and oxygen atoms in total. The minimum absolute atomic E-state index is 0.0921. The predicted molar refractivity (Wildman–Crippen MR) is 93.2 cm³/mol. The summed E-state index contributed by atoms with van der Waals surface area (Å²) in [6.45, 7) is 5.89. The molecule has 0 amide bonds. The average Bonchev–Trinajstić information content (AvgIpc) is 2.84. The van der Waals surface area contributed by atoms with Crippen LogP contribution in [0.3, 0.4) is 0 Å². The maximum absolute atomic E-state index is 12.7. The Kier molecular flexibility index (Phi) is 4.35. The molecule has 23 heavy (non-hydrogen) atoms. The third-order valence-corrected chi connectivity index (χ3v) is 4.98. The first kappa shape index (κ1) is 15.6. The van der Waals surface area contributed by atoms with E-state index in [1.165, 1.54) is 4.68 Å². The van der Waals surface area contributed by atoms with E-state index in [9.17, 15) is 4.79 Å². The summed E-state index contributed by atoms with van der Waals surface area (Å²) in [6, 6.07) is 17.7. The van der Waals surface area contributed by atoms with Crippen molar-refractivity contribution in [2.75, 3.05) is 0 Å². The first-order valence-corrected chi connectivity index (χ1v) is 8.28. The van der Waals surface area contributed by atoms with Gasteiger partial charge in [-0.05, 0) is 45.0 Å². The van der Waals surface area contributed by atoms with Crippen LogP contribution in [-0.4, -0.2) is 15.7 Å². The van der Waals surface area contributed by atoms with Crippen molar-refractivity contribution in [2.24, 2.45) is 0 Å². The Morgan fingerprint density at radius 3 is 2.26 bits per heavy atom. The van der Waals surface area contributed by atoms with Crippen molar-refractivity contribution in [2.45, 2.75) is 30.6 Å². The highest BCUT2D eigenvalue weighted by Gasteiger charge is 2.18. The van der Waals surface area contributed by atoms with Crippen LogP contribution in [-0.2, 0) is 0 Å². The van der Waals surface area contributed by atoms with Gasteiger partial charge in [-0.25, -0.2) is 0 Å². The zero-order valence-corrected chi connectivity index (χ0v) is 14.2. The van der Waals surface area contributed by atoms with E-state index in [4.69, 9.17) is 0 Å². The van der Waals surface area contributed by atoms with Gasteiger partial charge in [0.15, 0.2) is 0 Å². The summed E-state index contributed by atoms with van der Waals surface area (Å²) in [6.07, 6.45) is 0. The Morgan fingerprint density at radius 1 is 0.957 bits per heavy atom. The minimum Gasteiger partial charge on any atom is -0.267 e. The number of rotatable bonds is 3. The second kappa shape index (κ2) is 6.42. The van der Waals surface area contributed by atoms with E-state index in [1.54, 1.807) is 11.8 Å². The summed E-state index contributed by atoms with van der Waals surface area (Å²) in [5.74, 6) is -0.0921. The fourth-order valence-corrected chi connectivity index (χ4v) is 3.35. The fourth-order valence-electron chi connectivity index (χ4n) is 2.40. The maximum Gasteiger partial charge on any atom is 0.278 e. The van der Waals surface area contributed by atoms with E-state index in [2.05, 4.69) is 17.2 Å². The first-order valence-electron chi connectivity index (χ1n) is 7.47. The molecule has 0 saturated carbocycles. The highest BCUT2D eigenvalue weighted by molar-refractivity contribution is 7.99. The first-order chi connectivity index (χ1) is 11.1. The van der Waals surface area contributed by atoms with Crippen molar-refractivity contribution in [3.63, 3.8) is 0 Å². The van der Waals surface area contributed by atoms with Gasteiger partial charge in [0, 0.05) is 10.5 Å². The molecule has 0 aliphatic rings. The molecule has 3 aromatic rings. The molecule has 4 heteroatoms. The van der Waals surface area contributed by atoms with Gasteiger partial charge in [-0.15, -0.1) is 0 Å². The lowest BCUT2D eigenvalue weighted by Gasteiger charge is -2.05. The van der Waals surface area contributed by atoms with E-state index < -0.39 is 0 Å². The maximum atomic E-state index is 12.7. The summed E-state index contributed by atoms with van der Waals surface area (Å²) in [7, 11) is 0. The normalized spacial score (nSPS) is 10.7. The van der Waals surface area contributed by atoms with Crippen molar-refractivity contribution < 1.29 is 4.79 Å². The lowest BCUT2D eigenvalue weighted by atomic mass is 10.1. The number of carbonyl (C=O) groups is 1. The summed E-state index contributed by atoms with van der Waals surface area (Å²) in [4.78, 5) is 14.9. The van der Waals surface area contributed by atoms with Crippen LogP contribution in [0.25, 0.3) is 0 Å². The van der Waals surface area contributed by atoms with E-state index >= 15 is 0 Å². The van der Waals surface area contributed by atoms with Crippen LogP contribution < -0.4 is 0 Å². The molecule has 0 bridgehead atoms. The predicted octanol–water partition coefficient (Wildman–Crippen LogP) is 4.65. The number of hydrogen-bond acceptors (Lipinski definition) is 3. The molecule has 3 rings (SSSR count). The Bertz CT molecular complexity index is 836. The van der Waals surface area contributed by atoms with Crippen LogP contribution in [0.5, 0.6) is 0 Å². The topological polar surface area (TPSA) is 34.9 Å². The largest absolute Gasteiger partial charge is 0.278 e. The number of hydrogen-bond donors (Lipinski definition) is 0. The summed E-state index contributed by atoms with van der Waals surface area (Å²) in [5.41, 5.74) is 3.53. The second-order valence-corrected chi connectivity index (χ2v) is 6.58. The van der Waals surface area contributed by atoms with Gasteiger partial charge in [-0.1, -0.05) is 47.7 Å². The zero-order chi connectivity index (χ0) is 16.4. The number of benzene rings is 2. The molecule has 1 heterocycles. The zero-order valence-electron chi connectivity index (χ0n) is 13.4. The number of nitrogens with zero attached hydrogens (tertiary/aromatic N) is 2. The lowest BCUT2D eigenvalue weighted by molar-refractivity contribution is 0.0942. The van der Waals surface area contributed by atoms with Crippen molar-refractivity contribution in [3.8, 4) is 0 Å². The van der Waals surface area contributed by atoms with Gasteiger partial charge in [0.25, 0.3) is 5.91 Å². The van der Waals surface area contributed by atoms with Crippen LogP contribution in [0, 0.1) is 20.8 Å². The Labute approximate surface area is 140 Å². The van der Waals surface area contributed by atoms with Crippen molar-refractivity contribution in [3.05, 3.63) is 77.1 Å². The molecular weight excluding hydrogens is 304 g/mol. The van der Waals surface area contributed by atoms with Gasteiger partial charge in [0.2, 0.25) is 0 Å². The third kappa shape index (κ3) is 3.22. The average molecular weight is 322 g/mol. The third-order valence-electron chi connectivity index (χ3n) is 3.68. The molecule has 0 N–H and O–H groups in total. The quantitative estimate of drug-likeness (QED) is 0.704. The lowest BCUT2D eigenvalue weighted by Crippen LogP contribution is -2.15. The smallest absolute Gasteiger partial charge is 0.267 e. The van der Waals surface area contributed by atoms with Crippen molar-refractivity contribution in [1.82, 2.24) is 9.78 Å². The molecular formula is C19H18N2OS. The highest BCUT2D eigenvalue weighted by Crippen LogP contribution is 2.32. The monoisotopic (exact) mass is 322 g/mol. The SMILES string of the molecule is Cc1ccc(C(=O)n2nc(C)c(Sc3ccccc3)c2C)cc1. The van der Waals surface area contributed by atoms with Gasteiger partial charge in [-0.3, -0.25) is 4.79 Å². The van der Waals surface area contributed by atoms with E-state index in [0.717, 1.165) is 26.7 Å². The van der Waals surface area contributed by atoms with Crippen LogP contribution >= 0.6 is 11.8 Å². The molecule has 0 atom stereocenters. The van der Waals surface area contributed by atoms with Gasteiger partial charge in [0.05, 0.1) is 16.3 Å². The van der Waals surface area contributed by atoms with Gasteiger partial charge in [0.1, 0.15) is 0 Å². The molecule has 0 spiro atoms. The summed E-state index contributed by atoms with van der Waals surface area (Å²) >= 11 is 1.64. The van der Waals surface area contributed by atoms with Gasteiger partial charge >= 0.3 is 0 Å². The van der Waals surface area contributed by atoms with E-state index in [1.807, 2.05) is 63.2 Å². The molecule has 0 saturated heterocycles. The summed E-state index contributed by atoms with van der Waals surface area (Å²) in [5, 5.41) is 4.45. The number of carbonyl (C=O) groups excluding carboxylic acids is 1. The van der Waals surface area contributed by atoms with Gasteiger partial charge < -0.3 is 0 Å². The second-order valence-electron chi connectivity index (χ2n) is 5.50. The molecule has 116 valence electrons. The Balaban J connectivity index is 1.94. The van der Waals surface area contributed by atoms with Crippen LogP contribution in [0.1, 0.15) is 27.3 Å². The fraction of sp³-hybridized carbons (Fsp3) is 0.158. The molecule has 0 radical (unpaired) electrons.